The van der Waals surface area contributed by atoms with Gasteiger partial charge in [-0.15, -0.1) is 0 Å². The van der Waals surface area contributed by atoms with Gasteiger partial charge in [0.05, 0.1) is 5.52 Å². The summed E-state index contributed by atoms with van der Waals surface area (Å²) in [5.41, 5.74) is 3.29. The molecule has 0 aliphatic heterocycles. The molecule has 3 rings (SSSR count). The fourth-order valence-corrected chi connectivity index (χ4v) is 2.10. The van der Waals surface area contributed by atoms with Crippen molar-refractivity contribution in [2.75, 3.05) is 0 Å². The van der Waals surface area contributed by atoms with E-state index in [0.717, 1.165) is 28.5 Å². The second-order valence-electron chi connectivity index (χ2n) is 4.05. The summed E-state index contributed by atoms with van der Waals surface area (Å²) < 4.78 is 0. The van der Waals surface area contributed by atoms with Crippen molar-refractivity contribution in [2.24, 2.45) is 0 Å². The van der Waals surface area contributed by atoms with Crippen LogP contribution in [0, 0.1) is 0 Å². The van der Waals surface area contributed by atoms with Crippen LogP contribution in [0.15, 0.2) is 42.6 Å². The number of carbonyl (C=O) groups excluding carboxylic acids is 1. The largest absolute Gasteiger partial charge is 0.295 e. The molecule has 1 aromatic carbocycles. The summed E-state index contributed by atoms with van der Waals surface area (Å²) in [4.78, 5) is 15.5. The number of aromatic nitrogens is 1. The van der Waals surface area contributed by atoms with E-state index in [1.165, 1.54) is 0 Å². The van der Waals surface area contributed by atoms with Crippen LogP contribution in [0.25, 0.3) is 16.5 Å². The first-order valence-corrected chi connectivity index (χ1v) is 5.41. The Morgan fingerprint density at radius 1 is 1.12 bits per heavy atom. The SMILES string of the molecule is O=C1C=C(c2ccc3ncccc3c2)CC1. The van der Waals surface area contributed by atoms with E-state index in [-0.39, 0.29) is 5.78 Å². The van der Waals surface area contributed by atoms with E-state index < -0.39 is 0 Å². The number of hydrogen-bond acceptors (Lipinski definition) is 2. The average Bonchev–Trinajstić information content (AvgIpc) is 2.75. The molecule has 1 aliphatic carbocycles. The lowest BCUT2D eigenvalue weighted by Gasteiger charge is -2.03. The van der Waals surface area contributed by atoms with E-state index in [0.29, 0.717) is 6.42 Å². The van der Waals surface area contributed by atoms with Crippen LogP contribution in [0.2, 0.25) is 0 Å². The first-order valence-electron chi connectivity index (χ1n) is 5.41. The summed E-state index contributed by atoms with van der Waals surface area (Å²) in [5, 5.41) is 1.13. The molecule has 0 saturated carbocycles. The van der Waals surface area contributed by atoms with E-state index in [9.17, 15) is 4.79 Å². The molecule has 0 unspecified atom stereocenters. The molecular weight excluding hydrogens is 198 g/mol. The van der Waals surface area contributed by atoms with Gasteiger partial charge < -0.3 is 0 Å². The lowest BCUT2D eigenvalue weighted by molar-refractivity contribution is -0.114. The minimum atomic E-state index is 0.237. The topological polar surface area (TPSA) is 30.0 Å². The van der Waals surface area contributed by atoms with Crippen molar-refractivity contribution in [1.82, 2.24) is 4.98 Å². The van der Waals surface area contributed by atoms with Crippen LogP contribution < -0.4 is 0 Å². The van der Waals surface area contributed by atoms with Crippen LogP contribution in [0.3, 0.4) is 0 Å². The van der Waals surface area contributed by atoms with E-state index in [1.807, 2.05) is 24.3 Å². The molecule has 1 aromatic heterocycles. The molecule has 16 heavy (non-hydrogen) atoms. The third-order valence-electron chi connectivity index (χ3n) is 2.95. The zero-order valence-corrected chi connectivity index (χ0v) is 8.81. The van der Waals surface area contributed by atoms with Crippen LogP contribution in [0.5, 0.6) is 0 Å². The first kappa shape index (κ1) is 9.28. The summed E-state index contributed by atoms with van der Waals surface area (Å²) in [6.07, 6.45) is 5.07. The van der Waals surface area contributed by atoms with Crippen molar-refractivity contribution in [1.29, 1.82) is 0 Å². The van der Waals surface area contributed by atoms with Crippen molar-refractivity contribution in [2.45, 2.75) is 12.8 Å². The second-order valence-corrected chi connectivity index (χ2v) is 4.05. The summed E-state index contributed by atoms with van der Waals surface area (Å²) in [6, 6.07) is 10.1. The van der Waals surface area contributed by atoms with Gasteiger partial charge in [0.25, 0.3) is 0 Å². The third-order valence-corrected chi connectivity index (χ3v) is 2.95. The maximum absolute atomic E-state index is 11.2. The number of allylic oxidation sites excluding steroid dienone is 2. The fourth-order valence-electron chi connectivity index (χ4n) is 2.10. The number of benzene rings is 1. The van der Waals surface area contributed by atoms with Crippen LogP contribution in [0.4, 0.5) is 0 Å². The van der Waals surface area contributed by atoms with Gasteiger partial charge in [-0.1, -0.05) is 12.1 Å². The summed E-state index contributed by atoms with van der Waals surface area (Å²) in [6.45, 7) is 0. The Morgan fingerprint density at radius 2 is 2.06 bits per heavy atom. The Morgan fingerprint density at radius 3 is 2.88 bits per heavy atom. The second kappa shape index (κ2) is 3.56. The maximum Gasteiger partial charge on any atom is 0.156 e. The zero-order valence-electron chi connectivity index (χ0n) is 8.81. The number of carbonyl (C=O) groups is 1. The highest BCUT2D eigenvalue weighted by Crippen LogP contribution is 2.27. The lowest BCUT2D eigenvalue weighted by atomic mass is 10.0. The maximum atomic E-state index is 11.2. The highest BCUT2D eigenvalue weighted by atomic mass is 16.1. The molecule has 78 valence electrons. The number of fused-ring (bicyclic) bond motifs is 1. The average molecular weight is 209 g/mol. The van der Waals surface area contributed by atoms with Crippen molar-refractivity contribution in [3.8, 4) is 0 Å². The molecule has 2 nitrogen and oxygen atoms in total. The van der Waals surface area contributed by atoms with E-state index in [1.54, 1.807) is 12.3 Å². The summed E-state index contributed by atoms with van der Waals surface area (Å²) in [7, 11) is 0. The zero-order chi connectivity index (χ0) is 11.0. The van der Waals surface area contributed by atoms with Gasteiger partial charge in [0, 0.05) is 18.0 Å². The van der Waals surface area contributed by atoms with Gasteiger partial charge in [-0.2, -0.15) is 0 Å². The number of ketones is 1. The van der Waals surface area contributed by atoms with Crippen LogP contribution in [-0.2, 0) is 4.79 Å². The molecular formula is C14H11NO. The molecule has 0 saturated heterocycles. The molecule has 2 aromatic rings. The lowest BCUT2D eigenvalue weighted by Crippen LogP contribution is -1.83. The van der Waals surface area contributed by atoms with E-state index >= 15 is 0 Å². The summed E-state index contributed by atoms with van der Waals surface area (Å²) >= 11 is 0. The third kappa shape index (κ3) is 1.52. The standard InChI is InChI=1S/C14H11NO/c16-13-5-3-11(9-13)10-4-6-14-12(8-10)2-1-7-15-14/h1-2,4,6-9H,3,5H2. The van der Waals surface area contributed by atoms with Gasteiger partial charge in [-0.05, 0) is 41.8 Å². The van der Waals surface area contributed by atoms with Crippen LogP contribution in [0.1, 0.15) is 18.4 Å². The van der Waals surface area contributed by atoms with Gasteiger partial charge in [-0.3, -0.25) is 9.78 Å². The monoisotopic (exact) mass is 209 g/mol. The molecule has 1 aliphatic rings. The van der Waals surface area contributed by atoms with Gasteiger partial charge >= 0.3 is 0 Å². The predicted octanol–water partition coefficient (Wildman–Crippen LogP) is 2.98. The van der Waals surface area contributed by atoms with E-state index in [4.69, 9.17) is 0 Å². The van der Waals surface area contributed by atoms with Crippen molar-refractivity contribution >= 4 is 22.3 Å². The smallest absolute Gasteiger partial charge is 0.156 e. The minimum Gasteiger partial charge on any atom is -0.295 e. The molecule has 0 fully saturated rings. The van der Waals surface area contributed by atoms with Gasteiger partial charge in [0.15, 0.2) is 5.78 Å². The van der Waals surface area contributed by atoms with Crippen molar-refractivity contribution in [3.05, 3.63) is 48.2 Å². The number of pyridine rings is 1. The van der Waals surface area contributed by atoms with Crippen molar-refractivity contribution < 1.29 is 4.79 Å². The Labute approximate surface area is 93.6 Å². The molecule has 0 radical (unpaired) electrons. The Hall–Kier alpha value is -1.96. The number of rotatable bonds is 1. The Bertz CT molecular complexity index is 598. The summed E-state index contributed by atoms with van der Waals surface area (Å²) in [5.74, 6) is 0.237. The minimum absolute atomic E-state index is 0.237. The van der Waals surface area contributed by atoms with Crippen LogP contribution >= 0.6 is 0 Å². The number of hydrogen-bond donors (Lipinski definition) is 0. The highest BCUT2D eigenvalue weighted by molar-refractivity contribution is 6.02. The molecule has 0 bridgehead atoms. The quantitative estimate of drug-likeness (QED) is 0.722. The fraction of sp³-hybridized carbons (Fsp3) is 0.143. The molecule has 0 amide bonds. The normalized spacial score (nSPS) is 15.5. The molecule has 1 heterocycles. The molecule has 0 atom stereocenters. The Kier molecular flexibility index (Phi) is 2.07. The molecule has 0 spiro atoms. The first-order chi connectivity index (χ1) is 7.83. The molecule has 0 N–H and O–H groups in total. The van der Waals surface area contributed by atoms with Crippen LogP contribution in [-0.4, -0.2) is 10.8 Å². The highest BCUT2D eigenvalue weighted by Gasteiger charge is 2.13. The van der Waals surface area contributed by atoms with Gasteiger partial charge in [0.1, 0.15) is 0 Å². The van der Waals surface area contributed by atoms with Gasteiger partial charge in [-0.25, -0.2) is 0 Å². The Balaban J connectivity index is 2.12. The van der Waals surface area contributed by atoms with Crippen molar-refractivity contribution in [3.63, 3.8) is 0 Å². The van der Waals surface area contributed by atoms with Gasteiger partial charge in [0.2, 0.25) is 0 Å². The molecule has 2 heteroatoms. The predicted molar refractivity (Wildman–Crippen MR) is 64.0 cm³/mol. The number of nitrogens with zero attached hydrogens (tertiary/aromatic N) is 1. The van der Waals surface area contributed by atoms with E-state index in [2.05, 4.69) is 11.1 Å².